The lowest BCUT2D eigenvalue weighted by molar-refractivity contribution is 0.237. The van der Waals surface area contributed by atoms with E-state index in [4.69, 9.17) is 9.47 Å². The average molecular weight is 453 g/mol. The van der Waals surface area contributed by atoms with Gasteiger partial charge in [-0.15, -0.1) is 0 Å². The molecular weight excluding hydrogens is 420 g/mol. The summed E-state index contributed by atoms with van der Waals surface area (Å²) in [5.41, 5.74) is 3.18. The van der Waals surface area contributed by atoms with Crippen LogP contribution in [0.25, 0.3) is 21.9 Å². The molecule has 0 spiro atoms. The third-order valence-electron chi connectivity index (χ3n) is 6.57. The number of anilines is 1. The van der Waals surface area contributed by atoms with Gasteiger partial charge in [0.1, 0.15) is 11.5 Å². The molecule has 5 rings (SSSR count). The van der Waals surface area contributed by atoms with E-state index in [1.54, 1.807) is 7.11 Å². The molecule has 0 amide bonds. The molecule has 1 fully saturated rings. The maximum Gasteiger partial charge on any atom is 0.150 e. The van der Waals surface area contributed by atoms with Crippen molar-refractivity contribution in [2.75, 3.05) is 38.6 Å². The van der Waals surface area contributed by atoms with Crippen LogP contribution in [0, 0.1) is 0 Å². The summed E-state index contributed by atoms with van der Waals surface area (Å²) in [6, 6.07) is 29.1. The maximum absolute atomic E-state index is 6.70. The van der Waals surface area contributed by atoms with Gasteiger partial charge in [-0.25, -0.2) is 0 Å². The lowest BCUT2D eigenvalue weighted by Crippen LogP contribution is -2.33. The fourth-order valence-electron chi connectivity index (χ4n) is 4.69. The summed E-state index contributed by atoms with van der Waals surface area (Å²) >= 11 is 0. The van der Waals surface area contributed by atoms with Gasteiger partial charge in [-0.1, -0.05) is 61.0 Å². The Morgan fingerprint density at radius 2 is 1.56 bits per heavy atom. The highest BCUT2D eigenvalue weighted by atomic mass is 16.5. The van der Waals surface area contributed by atoms with Gasteiger partial charge < -0.3 is 19.7 Å². The molecule has 174 valence electrons. The molecular formula is C30H32N2O2. The van der Waals surface area contributed by atoms with Gasteiger partial charge >= 0.3 is 0 Å². The van der Waals surface area contributed by atoms with Gasteiger partial charge in [0.15, 0.2) is 5.75 Å². The Bertz CT molecular complexity index is 1230. The number of nitrogens with zero attached hydrogens (tertiary/aromatic N) is 1. The summed E-state index contributed by atoms with van der Waals surface area (Å²) in [6.07, 6.45) is 3.99. The molecule has 1 heterocycles. The smallest absolute Gasteiger partial charge is 0.150 e. The minimum atomic E-state index is 0.840. The first kappa shape index (κ1) is 22.3. The number of piperidine rings is 1. The largest absolute Gasteiger partial charge is 0.497 e. The van der Waals surface area contributed by atoms with Crippen LogP contribution in [0.15, 0.2) is 84.9 Å². The Morgan fingerprint density at radius 3 is 2.38 bits per heavy atom. The molecule has 34 heavy (non-hydrogen) atoms. The lowest BCUT2D eigenvalue weighted by atomic mass is 9.99. The molecule has 0 atom stereocenters. The van der Waals surface area contributed by atoms with Gasteiger partial charge in [-0.05, 0) is 67.2 Å². The first-order chi connectivity index (χ1) is 16.8. The minimum absolute atomic E-state index is 0.840. The van der Waals surface area contributed by atoms with Crippen molar-refractivity contribution >= 4 is 16.5 Å². The number of methoxy groups -OCH3 is 1. The Kier molecular flexibility index (Phi) is 6.97. The van der Waals surface area contributed by atoms with Gasteiger partial charge in [0, 0.05) is 24.0 Å². The van der Waals surface area contributed by atoms with E-state index in [2.05, 4.69) is 70.9 Å². The van der Waals surface area contributed by atoms with E-state index < -0.39 is 0 Å². The Balaban J connectivity index is 1.45. The number of hydrogen-bond acceptors (Lipinski definition) is 4. The van der Waals surface area contributed by atoms with Crippen molar-refractivity contribution in [1.82, 2.24) is 4.90 Å². The summed E-state index contributed by atoms with van der Waals surface area (Å²) in [6.45, 7) is 4.38. The van der Waals surface area contributed by atoms with Crippen molar-refractivity contribution in [3.63, 3.8) is 0 Å². The Morgan fingerprint density at radius 1 is 0.794 bits per heavy atom. The number of para-hydroxylation sites is 2. The fraction of sp³-hybridized carbons (Fsp3) is 0.267. The van der Waals surface area contributed by atoms with E-state index in [0.29, 0.717) is 0 Å². The number of rotatable bonds is 8. The number of likely N-dealkylation sites (tertiary alicyclic amines) is 1. The third kappa shape index (κ3) is 5.02. The second-order valence-corrected chi connectivity index (χ2v) is 8.82. The zero-order valence-corrected chi connectivity index (χ0v) is 19.8. The number of fused-ring (bicyclic) bond motifs is 1. The van der Waals surface area contributed by atoms with Crippen LogP contribution in [0.3, 0.4) is 0 Å². The zero-order chi connectivity index (χ0) is 23.2. The van der Waals surface area contributed by atoms with Gasteiger partial charge in [-0.2, -0.15) is 0 Å². The minimum Gasteiger partial charge on any atom is -0.497 e. The lowest BCUT2D eigenvalue weighted by Gasteiger charge is -2.26. The second-order valence-electron chi connectivity index (χ2n) is 8.82. The molecule has 4 aromatic carbocycles. The predicted molar refractivity (Wildman–Crippen MR) is 141 cm³/mol. The standard InChI is InChI=1S/C30H32N2O2/c1-33-25-16-13-24(14-17-25)27-18-15-23-9-3-4-10-26(23)30(27)34-29-12-6-5-11-28(29)31-19-22-32-20-7-2-8-21-32/h3-6,9-18,31H,2,7-8,19-22H2,1H3. The van der Waals surface area contributed by atoms with E-state index in [9.17, 15) is 0 Å². The van der Waals surface area contributed by atoms with Gasteiger partial charge in [-0.3, -0.25) is 0 Å². The molecule has 0 bridgehead atoms. The van der Waals surface area contributed by atoms with Crippen LogP contribution >= 0.6 is 0 Å². The summed E-state index contributed by atoms with van der Waals surface area (Å²) in [7, 11) is 1.69. The maximum atomic E-state index is 6.70. The van der Waals surface area contributed by atoms with Crippen molar-refractivity contribution in [2.24, 2.45) is 0 Å². The summed E-state index contributed by atoms with van der Waals surface area (Å²) in [5.74, 6) is 2.55. The van der Waals surface area contributed by atoms with Crippen molar-refractivity contribution < 1.29 is 9.47 Å². The molecule has 4 nitrogen and oxygen atoms in total. The molecule has 0 unspecified atom stereocenters. The van der Waals surface area contributed by atoms with Crippen LogP contribution in [0.2, 0.25) is 0 Å². The summed E-state index contributed by atoms with van der Waals surface area (Å²) < 4.78 is 12.1. The molecule has 1 saturated heterocycles. The first-order valence-corrected chi connectivity index (χ1v) is 12.2. The third-order valence-corrected chi connectivity index (χ3v) is 6.57. The number of nitrogens with one attached hydrogen (secondary N) is 1. The molecule has 4 heteroatoms. The van der Waals surface area contributed by atoms with E-state index >= 15 is 0 Å². The highest BCUT2D eigenvalue weighted by Crippen LogP contribution is 2.41. The molecule has 1 aliphatic rings. The molecule has 0 saturated carbocycles. The van der Waals surface area contributed by atoms with Crippen molar-refractivity contribution in [2.45, 2.75) is 19.3 Å². The normalized spacial score (nSPS) is 14.1. The molecule has 0 aromatic heterocycles. The van der Waals surface area contributed by atoms with E-state index in [0.717, 1.165) is 57.9 Å². The van der Waals surface area contributed by atoms with Crippen LogP contribution in [0.5, 0.6) is 17.2 Å². The van der Waals surface area contributed by atoms with Gasteiger partial charge in [0.2, 0.25) is 0 Å². The van der Waals surface area contributed by atoms with Crippen LogP contribution in [0.4, 0.5) is 5.69 Å². The SMILES string of the molecule is COc1ccc(-c2ccc3ccccc3c2Oc2ccccc2NCCN2CCCCC2)cc1. The Labute approximate surface area is 202 Å². The van der Waals surface area contributed by atoms with Crippen molar-refractivity contribution in [3.8, 4) is 28.4 Å². The molecule has 0 aliphatic carbocycles. The monoisotopic (exact) mass is 452 g/mol. The van der Waals surface area contributed by atoms with Crippen LogP contribution in [-0.4, -0.2) is 38.2 Å². The number of hydrogen-bond donors (Lipinski definition) is 1. The van der Waals surface area contributed by atoms with Gasteiger partial charge in [0.05, 0.1) is 12.8 Å². The van der Waals surface area contributed by atoms with Crippen LogP contribution in [0.1, 0.15) is 19.3 Å². The highest BCUT2D eigenvalue weighted by molar-refractivity contribution is 5.95. The topological polar surface area (TPSA) is 33.7 Å². The summed E-state index contributed by atoms with van der Waals surface area (Å²) in [5, 5.41) is 5.87. The zero-order valence-electron chi connectivity index (χ0n) is 19.8. The van der Waals surface area contributed by atoms with E-state index in [-0.39, 0.29) is 0 Å². The highest BCUT2D eigenvalue weighted by Gasteiger charge is 2.15. The molecule has 1 N–H and O–H groups in total. The van der Waals surface area contributed by atoms with Crippen molar-refractivity contribution in [3.05, 3.63) is 84.9 Å². The van der Waals surface area contributed by atoms with Crippen molar-refractivity contribution in [1.29, 1.82) is 0 Å². The van der Waals surface area contributed by atoms with E-state index in [1.807, 2.05) is 24.3 Å². The van der Waals surface area contributed by atoms with Crippen LogP contribution in [-0.2, 0) is 0 Å². The Hall–Kier alpha value is -3.50. The fourth-order valence-corrected chi connectivity index (χ4v) is 4.69. The average Bonchev–Trinajstić information content (AvgIpc) is 2.90. The quantitative estimate of drug-likeness (QED) is 0.306. The predicted octanol–water partition coefficient (Wildman–Crippen LogP) is 7.21. The van der Waals surface area contributed by atoms with E-state index in [1.165, 1.54) is 32.4 Å². The molecule has 4 aromatic rings. The van der Waals surface area contributed by atoms with Gasteiger partial charge in [0.25, 0.3) is 0 Å². The first-order valence-electron chi connectivity index (χ1n) is 12.2. The second kappa shape index (κ2) is 10.6. The summed E-state index contributed by atoms with van der Waals surface area (Å²) in [4.78, 5) is 2.55. The number of ether oxygens (including phenoxy) is 2. The number of benzene rings is 4. The van der Waals surface area contributed by atoms with Crippen LogP contribution < -0.4 is 14.8 Å². The molecule has 1 aliphatic heterocycles. The molecule has 0 radical (unpaired) electrons.